The molecular weight excluding hydrogens is 378 g/mol. The molecule has 3 aromatic rings. The predicted molar refractivity (Wildman–Crippen MR) is 111 cm³/mol. The Morgan fingerprint density at radius 3 is 2.12 bits per heavy atom. The Kier molecular flexibility index (Phi) is 5.32. The molecule has 0 N–H and O–H groups in total. The Balaban J connectivity index is 2.17. The van der Waals surface area contributed by atoms with Crippen LogP contribution in [0, 0.1) is 0 Å². The van der Waals surface area contributed by atoms with Crippen LogP contribution < -0.4 is 4.31 Å². The lowest BCUT2D eigenvalue weighted by atomic mass is 9.91. The SMILES string of the molecule is CC(C)c1c(Br)cccc1-c1ccccc1N(S)c1ccccc1. The molecule has 3 rings (SSSR count). The topological polar surface area (TPSA) is 3.24 Å². The molecule has 3 aromatic carbocycles. The molecule has 0 heterocycles. The van der Waals surface area contributed by atoms with Crippen LogP contribution in [0.2, 0.25) is 0 Å². The molecule has 0 aliphatic heterocycles. The molecule has 0 saturated heterocycles. The molecule has 0 saturated carbocycles. The molecule has 0 radical (unpaired) electrons. The monoisotopic (exact) mass is 397 g/mol. The van der Waals surface area contributed by atoms with E-state index >= 15 is 0 Å². The number of para-hydroxylation sites is 2. The molecule has 0 bridgehead atoms. The minimum absolute atomic E-state index is 0.425. The first-order chi connectivity index (χ1) is 11.6. The maximum Gasteiger partial charge on any atom is 0.0601 e. The average molecular weight is 398 g/mol. The van der Waals surface area contributed by atoms with Crippen LogP contribution in [0.4, 0.5) is 11.4 Å². The lowest BCUT2D eigenvalue weighted by molar-refractivity contribution is 0.863. The standard InChI is InChI=1S/C21H20BrNS/c1-15(2)21-18(12-8-13-19(21)22)17-11-6-7-14-20(17)23(24)16-9-4-3-5-10-16/h3-15,24H,1-2H3. The third kappa shape index (κ3) is 3.38. The van der Waals surface area contributed by atoms with Crippen molar-refractivity contribution in [2.75, 3.05) is 4.31 Å². The highest BCUT2D eigenvalue weighted by Crippen LogP contribution is 2.41. The van der Waals surface area contributed by atoms with Gasteiger partial charge in [0.25, 0.3) is 0 Å². The second kappa shape index (κ2) is 7.45. The van der Waals surface area contributed by atoms with Crippen LogP contribution in [-0.2, 0) is 0 Å². The fraction of sp³-hybridized carbons (Fsp3) is 0.143. The summed E-state index contributed by atoms with van der Waals surface area (Å²) in [6.07, 6.45) is 0. The van der Waals surface area contributed by atoms with Crippen molar-refractivity contribution in [3.05, 3.63) is 82.8 Å². The molecule has 0 atom stereocenters. The Morgan fingerprint density at radius 2 is 1.42 bits per heavy atom. The van der Waals surface area contributed by atoms with Gasteiger partial charge in [0.15, 0.2) is 0 Å². The van der Waals surface area contributed by atoms with Crippen LogP contribution >= 0.6 is 28.7 Å². The summed E-state index contributed by atoms with van der Waals surface area (Å²) in [6.45, 7) is 4.45. The molecule has 3 heteroatoms. The minimum atomic E-state index is 0.425. The van der Waals surface area contributed by atoms with Crippen LogP contribution in [0.15, 0.2) is 77.3 Å². The van der Waals surface area contributed by atoms with Crippen molar-refractivity contribution in [1.82, 2.24) is 0 Å². The molecule has 122 valence electrons. The number of thiol groups is 1. The highest BCUT2D eigenvalue weighted by Gasteiger charge is 2.17. The second-order valence-electron chi connectivity index (χ2n) is 6.02. The summed E-state index contributed by atoms with van der Waals surface area (Å²) in [7, 11) is 0. The zero-order valence-electron chi connectivity index (χ0n) is 13.8. The van der Waals surface area contributed by atoms with Gasteiger partial charge in [0.1, 0.15) is 0 Å². The van der Waals surface area contributed by atoms with Crippen molar-refractivity contribution in [1.29, 1.82) is 0 Å². The zero-order chi connectivity index (χ0) is 17.1. The fourth-order valence-electron chi connectivity index (χ4n) is 2.95. The summed E-state index contributed by atoms with van der Waals surface area (Å²) in [6, 6.07) is 25.0. The van der Waals surface area contributed by atoms with E-state index in [1.54, 1.807) is 0 Å². The summed E-state index contributed by atoms with van der Waals surface area (Å²) < 4.78 is 3.09. The van der Waals surface area contributed by atoms with Crippen LogP contribution in [0.5, 0.6) is 0 Å². The first-order valence-corrected chi connectivity index (χ1v) is 9.20. The van der Waals surface area contributed by atoms with Gasteiger partial charge >= 0.3 is 0 Å². The van der Waals surface area contributed by atoms with E-state index < -0.39 is 0 Å². The number of nitrogens with zero attached hydrogens (tertiary/aromatic N) is 1. The number of hydrogen-bond donors (Lipinski definition) is 1. The maximum absolute atomic E-state index is 4.76. The number of rotatable bonds is 4. The molecule has 0 aliphatic carbocycles. The summed E-state index contributed by atoms with van der Waals surface area (Å²) in [5.74, 6) is 0.425. The maximum atomic E-state index is 4.76. The number of anilines is 2. The van der Waals surface area contributed by atoms with Crippen molar-refractivity contribution >= 4 is 40.1 Å². The van der Waals surface area contributed by atoms with E-state index in [9.17, 15) is 0 Å². The molecule has 0 unspecified atom stereocenters. The van der Waals surface area contributed by atoms with Gasteiger partial charge in [-0.25, -0.2) is 0 Å². The normalized spacial score (nSPS) is 10.9. The van der Waals surface area contributed by atoms with Gasteiger partial charge in [-0.1, -0.05) is 91.1 Å². The largest absolute Gasteiger partial charge is 0.287 e. The van der Waals surface area contributed by atoms with Gasteiger partial charge in [-0.05, 0) is 41.3 Å². The lowest BCUT2D eigenvalue weighted by Crippen LogP contribution is -2.04. The van der Waals surface area contributed by atoms with E-state index in [-0.39, 0.29) is 0 Å². The summed E-state index contributed by atoms with van der Waals surface area (Å²) in [5, 5.41) is 0. The van der Waals surface area contributed by atoms with Gasteiger partial charge < -0.3 is 0 Å². The number of hydrogen-bond acceptors (Lipinski definition) is 2. The average Bonchev–Trinajstić information content (AvgIpc) is 2.61. The van der Waals surface area contributed by atoms with E-state index in [0.717, 1.165) is 15.8 Å². The predicted octanol–water partition coefficient (Wildman–Crippen LogP) is 7.22. The van der Waals surface area contributed by atoms with Crippen LogP contribution in [0.25, 0.3) is 11.1 Å². The van der Waals surface area contributed by atoms with Gasteiger partial charge in [-0.3, -0.25) is 4.31 Å². The second-order valence-corrected chi connectivity index (χ2v) is 7.27. The summed E-state index contributed by atoms with van der Waals surface area (Å²) in [5.41, 5.74) is 5.87. The molecule has 0 spiro atoms. The van der Waals surface area contributed by atoms with Crippen molar-refractivity contribution in [2.24, 2.45) is 0 Å². The molecule has 0 aromatic heterocycles. The first-order valence-electron chi connectivity index (χ1n) is 8.01. The molecule has 0 amide bonds. The molecule has 24 heavy (non-hydrogen) atoms. The quantitative estimate of drug-likeness (QED) is 0.454. The van der Waals surface area contributed by atoms with Crippen molar-refractivity contribution in [3.8, 4) is 11.1 Å². The van der Waals surface area contributed by atoms with Crippen molar-refractivity contribution in [2.45, 2.75) is 19.8 Å². The highest BCUT2D eigenvalue weighted by atomic mass is 79.9. The Morgan fingerprint density at radius 1 is 0.792 bits per heavy atom. The van der Waals surface area contributed by atoms with Crippen molar-refractivity contribution < 1.29 is 0 Å². The molecule has 1 nitrogen and oxygen atoms in total. The minimum Gasteiger partial charge on any atom is -0.287 e. The van der Waals surface area contributed by atoms with Gasteiger partial charge in [-0.2, -0.15) is 0 Å². The van der Waals surface area contributed by atoms with Gasteiger partial charge in [-0.15, -0.1) is 0 Å². The summed E-state index contributed by atoms with van der Waals surface area (Å²) in [4.78, 5) is 0. The summed E-state index contributed by atoms with van der Waals surface area (Å²) >= 11 is 8.48. The lowest BCUT2D eigenvalue weighted by Gasteiger charge is -2.23. The van der Waals surface area contributed by atoms with E-state index in [2.05, 4.69) is 84.4 Å². The van der Waals surface area contributed by atoms with Gasteiger partial charge in [0.05, 0.1) is 11.4 Å². The fourth-order valence-corrected chi connectivity index (χ4v) is 4.08. The molecule has 0 fully saturated rings. The van der Waals surface area contributed by atoms with Gasteiger partial charge in [0, 0.05) is 10.0 Å². The van der Waals surface area contributed by atoms with Crippen LogP contribution in [0.1, 0.15) is 25.3 Å². The molecule has 0 aliphatic rings. The smallest absolute Gasteiger partial charge is 0.0601 e. The van der Waals surface area contributed by atoms with Gasteiger partial charge in [0.2, 0.25) is 0 Å². The Hall–Kier alpha value is -1.71. The van der Waals surface area contributed by atoms with E-state index in [0.29, 0.717) is 5.92 Å². The Bertz CT molecular complexity index is 830. The van der Waals surface area contributed by atoms with Crippen molar-refractivity contribution in [3.63, 3.8) is 0 Å². The third-order valence-electron chi connectivity index (χ3n) is 4.05. The van der Waals surface area contributed by atoms with E-state index in [4.69, 9.17) is 12.8 Å². The van der Waals surface area contributed by atoms with E-state index in [1.807, 2.05) is 22.5 Å². The number of halogens is 1. The highest BCUT2D eigenvalue weighted by molar-refractivity contribution is 9.10. The number of benzene rings is 3. The molecular formula is C21H20BrNS. The zero-order valence-corrected chi connectivity index (χ0v) is 16.3. The third-order valence-corrected chi connectivity index (χ3v) is 5.19. The van der Waals surface area contributed by atoms with E-state index in [1.165, 1.54) is 16.7 Å². The first kappa shape index (κ1) is 17.1. The Labute approximate surface area is 158 Å². The van der Waals surface area contributed by atoms with Crippen LogP contribution in [0.3, 0.4) is 0 Å². The van der Waals surface area contributed by atoms with Crippen LogP contribution in [-0.4, -0.2) is 0 Å².